The normalized spacial score (nSPS) is 12.3. The largest absolute Gasteiger partial charge is 0.456 e. The number of hydrogen-bond acceptors (Lipinski definition) is 3. The number of para-hydroxylation sites is 5. The second-order valence-electron chi connectivity index (χ2n) is 18.5. The summed E-state index contributed by atoms with van der Waals surface area (Å²) in [5.74, 6) is 0. The summed E-state index contributed by atoms with van der Waals surface area (Å²) in [6.45, 7) is 0. The summed E-state index contributed by atoms with van der Waals surface area (Å²) in [7, 11) is 0. The minimum atomic E-state index is 0.876. The van der Waals surface area contributed by atoms with Gasteiger partial charge in [-0.3, -0.25) is 0 Å². The number of rotatable bonds is 6. The Kier molecular flexibility index (Phi) is 7.28. The van der Waals surface area contributed by atoms with E-state index < -0.39 is 0 Å². The Balaban J connectivity index is 0.964. The van der Waals surface area contributed by atoms with E-state index in [9.17, 15) is 0 Å². The van der Waals surface area contributed by atoms with Crippen LogP contribution < -0.4 is 9.80 Å². The lowest BCUT2D eigenvalue weighted by molar-refractivity contribution is 0.669. The SMILES string of the molecule is c1ccc2c(N(c3ccc(N(c4cc5c6ccccc6n6c7ccccc7c(c4)c56)c4cc5c6ccccc6n6c7ccccc7c(c4)c56)cc3)c3ccc4oc5ccccc5c4c3)cccc2c1. The highest BCUT2D eigenvalue weighted by Gasteiger charge is 2.25. The molecule has 0 aliphatic carbocycles. The summed E-state index contributed by atoms with van der Waals surface area (Å²) >= 11 is 0. The van der Waals surface area contributed by atoms with E-state index in [4.69, 9.17) is 4.42 Å². The number of anilines is 6. The summed E-state index contributed by atoms with van der Waals surface area (Å²) in [4.78, 5) is 4.89. The van der Waals surface area contributed by atoms with Crippen LogP contribution in [0.15, 0.2) is 235 Å². The predicted octanol–water partition coefficient (Wildman–Crippen LogP) is 18.0. The van der Waals surface area contributed by atoms with Gasteiger partial charge in [-0.2, -0.15) is 0 Å². The fourth-order valence-electron chi connectivity index (χ4n) is 12.0. The van der Waals surface area contributed by atoms with Gasteiger partial charge in [0.2, 0.25) is 0 Å². The molecule has 11 aromatic carbocycles. The topological polar surface area (TPSA) is 28.4 Å². The summed E-state index contributed by atoms with van der Waals surface area (Å²) < 4.78 is 11.3. The molecular formula is C64H38N4O. The predicted molar refractivity (Wildman–Crippen MR) is 290 cm³/mol. The van der Waals surface area contributed by atoms with Crippen molar-refractivity contribution in [2.45, 2.75) is 0 Å². The maximum atomic E-state index is 6.34. The number of benzene rings is 11. The maximum Gasteiger partial charge on any atom is 0.135 e. The standard InChI is InChI=1S/C64H38N4O/c1-2-16-45-39(14-1)15-13-26-56(45)66(42-32-33-62-51(34-42)50-21-7-12-27-61(50)69-62)41-30-28-40(29-31-41)65(43-35-52-46-17-3-8-22-57(46)67-58-23-9-4-18-47(58)53(36-43)63(52)67)44-37-54-48-19-5-10-24-59(48)68-60-25-11-6-20-49(60)55(38-44)64(54)68/h1-38H. The van der Waals surface area contributed by atoms with Gasteiger partial charge in [-0.05, 0) is 109 Å². The van der Waals surface area contributed by atoms with Crippen molar-refractivity contribution in [3.63, 3.8) is 0 Å². The van der Waals surface area contributed by atoms with Crippen molar-refractivity contribution in [1.82, 2.24) is 8.80 Å². The lowest BCUT2D eigenvalue weighted by atomic mass is 10.0. The van der Waals surface area contributed by atoms with E-state index in [1.807, 2.05) is 12.1 Å². The average molecular weight is 879 g/mol. The monoisotopic (exact) mass is 878 g/mol. The van der Waals surface area contributed by atoms with Crippen LogP contribution in [0.5, 0.6) is 0 Å². The Labute approximate surface area is 394 Å². The Morgan fingerprint density at radius 3 is 1.19 bits per heavy atom. The number of hydrogen-bond donors (Lipinski definition) is 0. The molecule has 16 aromatic rings. The second kappa shape index (κ2) is 13.6. The summed E-state index contributed by atoms with van der Waals surface area (Å²) in [6, 6.07) is 84.5. The van der Waals surface area contributed by atoms with E-state index in [2.05, 4.69) is 237 Å². The Bertz CT molecular complexity index is 4390. The molecule has 0 saturated carbocycles. The van der Waals surface area contributed by atoms with E-state index in [0.29, 0.717) is 0 Å². The van der Waals surface area contributed by atoms with Crippen molar-refractivity contribution >= 4 is 143 Å². The molecule has 5 heteroatoms. The van der Waals surface area contributed by atoms with E-state index in [1.54, 1.807) is 0 Å². The fraction of sp³-hybridized carbons (Fsp3) is 0. The van der Waals surface area contributed by atoms with Gasteiger partial charge in [0, 0.05) is 87.7 Å². The van der Waals surface area contributed by atoms with Gasteiger partial charge in [0.25, 0.3) is 0 Å². The number of furan rings is 1. The van der Waals surface area contributed by atoms with Crippen molar-refractivity contribution in [2.75, 3.05) is 9.80 Å². The molecule has 0 aliphatic heterocycles. The first-order valence-electron chi connectivity index (χ1n) is 23.7. The van der Waals surface area contributed by atoms with Gasteiger partial charge in [-0.15, -0.1) is 0 Å². The lowest BCUT2D eigenvalue weighted by Crippen LogP contribution is -2.12. The minimum absolute atomic E-state index is 0.876. The summed E-state index contributed by atoms with van der Waals surface area (Å²) in [5, 5.41) is 14.5. The summed E-state index contributed by atoms with van der Waals surface area (Å²) in [6.07, 6.45) is 0. The highest BCUT2D eigenvalue weighted by atomic mass is 16.3. The molecule has 0 spiro atoms. The van der Waals surface area contributed by atoms with Gasteiger partial charge in [-0.1, -0.05) is 127 Å². The zero-order valence-electron chi connectivity index (χ0n) is 37.1. The molecule has 5 heterocycles. The van der Waals surface area contributed by atoms with E-state index >= 15 is 0 Å². The van der Waals surface area contributed by atoms with Crippen molar-refractivity contribution in [3.8, 4) is 0 Å². The van der Waals surface area contributed by atoms with Crippen LogP contribution in [0.25, 0.3) is 109 Å². The molecule has 0 fully saturated rings. The molecule has 16 rings (SSSR count). The van der Waals surface area contributed by atoms with Crippen LogP contribution in [0, 0.1) is 0 Å². The fourth-order valence-corrected chi connectivity index (χ4v) is 12.0. The van der Waals surface area contributed by atoms with Crippen LogP contribution in [0.2, 0.25) is 0 Å². The lowest BCUT2D eigenvalue weighted by Gasteiger charge is -2.29. The highest BCUT2D eigenvalue weighted by molar-refractivity contribution is 6.26. The third kappa shape index (κ3) is 5.03. The molecule has 0 atom stereocenters. The van der Waals surface area contributed by atoms with Crippen LogP contribution in [0.4, 0.5) is 34.1 Å². The molecule has 0 amide bonds. The summed E-state index contributed by atoms with van der Waals surface area (Å²) in [5.41, 5.74) is 15.7. The maximum absolute atomic E-state index is 6.34. The van der Waals surface area contributed by atoms with E-state index in [1.165, 1.54) is 87.0 Å². The van der Waals surface area contributed by atoms with Gasteiger partial charge in [-0.25, -0.2) is 0 Å². The van der Waals surface area contributed by atoms with Crippen LogP contribution in [-0.4, -0.2) is 8.80 Å². The van der Waals surface area contributed by atoms with Gasteiger partial charge in [0.05, 0.1) is 38.8 Å². The Hall–Kier alpha value is -9.32. The number of aromatic nitrogens is 2. The molecule has 0 bridgehead atoms. The molecule has 5 aromatic heterocycles. The van der Waals surface area contributed by atoms with Crippen LogP contribution in [0.3, 0.4) is 0 Å². The molecule has 5 nitrogen and oxygen atoms in total. The average Bonchev–Trinajstić information content (AvgIpc) is 4.21. The molecule has 0 radical (unpaired) electrons. The second-order valence-corrected chi connectivity index (χ2v) is 18.5. The quantitative estimate of drug-likeness (QED) is 0.167. The molecule has 0 saturated heterocycles. The van der Waals surface area contributed by atoms with Crippen molar-refractivity contribution in [1.29, 1.82) is 0 Å². The van der Waals surface area contributed by atoms with Gasteiger partial charge >= 0.3 is 0 Å². The van der Waals surface area contributed by atoms with Crippen LogP contribution >= 0.6 is 0 Å². The molecule has 0 aliphatic rings. The molecule has 0 N–H and O–H groups in total. The molecular weight excluding hydrogens is 841 g/mol. The van der Waals surface area contributed by atoms with Gasteiger partial charge in [0.15, 0.2) is 0 Å². The first-order chi connectivity index (χ1) is 34.2. The van der Waals surface area contributed by atoms with Crippen LogP contribution in [0.1, 0.15) is 0 Å². The molecule has 69 heavy (non-hydrogen) atoms. The number of nitrogens with zero attached hydrogens (tertiary/aromatic N) is 4. The van der Waals surface area contributed by atoms with Crippen LogP contribution in [-0.2, 0) is 0 Å². The third-order valence-corrected chi connectivity index (χ3v) is 14.9. The minimum Gasteiger partial charge on any atom is -0.456 e. The highest BCUT2D eigenvalue weighted by Crippen LogP contribution is 2.49. The van der Waals surface area contributed by atoms with Gasteiger partial charge < -0.3 is 23.0 Å². The zero-order valence-corrected chi connectivity index (χ0v) is 37.1. The smallest absolute Gasteiger partial charge is 0.135 e. The zero-order chi connectivity index (χ0) is 44.9. The molecule has 0 unspecified atom stereocenters. The Morgan fingerprint density at radius 2 is 0.652 bits per heavy atom. The van der Waals surface area contributed by atoms with Crippen molar-refractivity contribution in [3.05, 3.63) is 231 Å². The first kappa shape index (κ1) is 36.8. The van der Waals surface area contributed by atoms with Crippen molar-refractivity contribution < 1.29 is 4.42 Å². The van der Waals surface area contributed by atoms with E-state index in [-0.39, 0.29) is 0 Å². The van der Waals surface area contributed by atoms with E-state index in [0.717, 1.165) is 56.1 Å². The van der Waals surface area contributed by atoms with Crippen molar-refractivity contribution in [2.24, 2.45) is 0 Å². The Morgan fingerprint density at radius 1 is 0.261 bits per heavy atom. The third-order valence-electron chi connectivity index (χ3n) is 14.9. The molecule has 320 valence electrons. The number of fused-ring (bicyclic) bond motifs is 16. The first-order valence-corrected chi connectivity index (χ1v) is 23.7. The van der Waals surface area contributed by atoms with Gasteiger partial charge in [0.1, 0.15) is 11.2 Å².